The lowest BCUT2D eigenvalue weighted by Crippen LogP contribution is -1.84. The van der Waals surface area contributed by atoms with E-state index in [1.54, 1.807) is 0 Å². The summed E-state index contributed by atoms with van der Waals surface area (Å²) in [5.41, 5.74) is 12.9. The van der Waals surface area contributed by atoms with E-state index >= 15 is 0 Å². The Kier molecular flexibility index (Phi) is 1.69. The molecule has 0 amide bonds. The Morgan fingerprint density at radius 2 is 1.18 bits per heavy atom. The van der Waals surface area contributed by atoms with Gasteiger partial charge in [0.25, 0.3) is 0 Å². The first-order valence-corrected chi connectivity index (χ1v) is 5.00. The van der Waals surface area contributed by atoms with Crippen molar-refractivity contribution in [3.8, 4) is 11.5 Å². The molecule has 3 rings (SSSR count). The summed E-state index contributed by atoms with van der Waals surface area (Å²) in [4.78, 5) is 0. The second-order valence-corrected chi connectivity index (χ2v) is 3.86. The van der Waals surface area contributed by atoms with Crippen LogP contribution in [-0.2, 0) is 0 Å². The Bertz CT molecular complexity index is 684. The number of furan rings is 1. The third-order valence-electron chi connectivity index (χ3n) is 2.79. The number of benzene rings is 2. The normalized spacial score (nSPS) is 11.3. The van der Waals surface area contributed by atoms with Gasteiger partial charge in [-0.3, -0.25) is 0 Å². The molecule has 5 nitrogen and oxygen atoms in total. The molecule has 0 saturated heterocycles. The number of nitrogens with two attached hydrogens (primary N) is 2. The molecule has 3 aromatic rings. The molecule has 0 unspecified atom stereocenters. The van der Waals surface area contributed by atoms with E-state index in [1.807, 2.05) is 0 Å². The molecule has 0 aliphatic rings. The standard InChI is InChI=1S/C12H10N2O3/c13-5-1-3-7(15)9-10-8(16)4-2-6(14)12(10)17-11(5)9/h1-4,15-16H,13-14H2. The van der Waals surface area contributed by atoms with Crippen molar-refractivity contribution in [3.05, 3.63) is 24.3 Å². The molecule has 0 saturated carbocycles. The zero-order valence-electron chi connectivity index (χ0n) is 8.77. The van der Waals surface area contributed by atoms with Gasteiger partial charge in [0.1, 0.15) is 11.5 Å². The maximum atomic E-state index is 9.83. The minimum Gasteiger partial charge on any atom is -0.507 e. The van der Waals surface area contributed by atoms with Crippen LogP contribution in [0.5, 0.6) is 11.5 Å². The van der Waals surface area contributed by atoms with Crippen molar-refractivity contribution in [1.82, 2.24) is 0 Å². The SMILES string of the molecule is Nc1ccc(O)c2c1oc1c(N)ccc(O)c12. The molecule has 0 radical (unpaired) electrons. The number of phenols is 2. The van der Waals surface area contributed by atoms with Crippen LogP contribution in [-0.4, -0.2) is 10.2 Å². The van der Waals surface area contributed by atoms with Crippen molar-refractivity contribution in [2.45, 2.75) is 0 Å². The molecule has 0 aliphatic carbocycles. The number of hydrogen-bond acceptors (Lipinski definition) is 5. The molecule has 0 bridgehead atoms. The van der Waals surface area contributed by atoms with E-state index in [4.69, 9.17) is 15.9 Å². The lowest BCUT2D eigenvalue weighted by Gasteiger charge is -1.99. The van der Waals surface area contributed by atoms with Crippen LogP contribution in [0.3, 0.4) is 0 Å². The largest absolute Gasteiger partial charge is 0.507 e. The third kappa shape index (κ3) is 1.13. The first kappa shape index (κ1) is 9.65. The van der Waals surface area contributed by atoms with E-state index in [1.165, 1.54) is 24.3 Å². The van der Waals surface area contributed by atoms with Crippen LogP contribution in [0.4, 0.5) is 11.4 Å². The minimum absolute atomic E-state index is 0.00569. The Hall–Kier alpha value is -2.56. The number of hydrogen-bond donors (Lipinski definition) is 4. The number of anilines is 2. The molecule has 0 fully saturated rings. The van der Waals surface area contributed by atoms with Crippen LogP contribution >= 0.6 is 0 Å². The first-order chi connectivity index (χ1) is 8.09. The molecule has 1 heterocycles. The number of nitrogen functional groups attached to an aromatic ring is 2. The summed E-state index contributed by atoms with van der Waals surface area (Å²) in [5, 5.41) is 20.4. The average molecular weight is 230 g/mol. The number of rotatable bonds is 0. The Morgan fingerprint density at radius 3 is 1.59 bits per heavy atom. The summed E-state index contributed by atoms with van der Waals surface area (Å²) in [6.45, 7) is 0. The zero-order chi connectivity index (χ0) is 12.2. The van der Waals surface area contributed by atoms with E-state index in [-0.39, 0.29) is 11.5 Å². The van der Waals surface area contributed by atoms with E-state index < -0.39 is 0 Å². The van der Waals surface area contributed by atoms with Crippen LogP contribution in [0, 0.1) is 0 Å². The highest BCUT2D eigenvalue weighted by Crippen LogP contribution is 2.43. The second kappa shape index (κ2) is 2.98. The van der Waals surface area contributed by atoms with E-state index in [9.17, 15) is 10.2 Å². The quantitative estimate of drug-likeness (QED) is 0.350. The molecule has 86 valence electrons. The van der Waals surface area contributed by atoms with Gasteiger partial charge in [0.05, 0.1) is 22.1 Å². The highest BCUT2D eigenvalue weighted by molar-refractivity contribution is 6.16. The fraction of sp³-hybridized carbons (Fsp3) is 0. The number of phenolic OH excluding ortho intramolecular Hbond substituents is 2. The van der Waals surface area contributed by atoms with Crippen LogP contribution in [0.25, 0.3) is 21.9 Å². The van der Waals surface area contributed by atoms with Gasteiger partial charge in [0.15, 0.2) is 11.2 Å². The van der Waals surface area contributed by atoms with Gasteiger partial charge >= 0.3 is 0 Å². The van der Waals surface area contributed by atoms with Gasteiger partial charge in [-0.2, -0.15) is 0 Å². The van der Waals surface area contributed by atoms with Crippen molar-refractivity contribution < 1.29 is 14.6 Å². The maximum Gasteiger partial charge on any atom is 0.162 e. The predicted octanol–water partition coefficient (Wildman–Crippen LogP) is 2.16. The summed E-state index contributed by atoms with van der Waals surface area (Å²) >= 11 is 0. The Labute approximate surface area is 95.9 Å². The first-order valence-electron chi connectivity index (χ1n) is 5.00. The van der Waals surface area contributed by atoms with Gasteiger partial charge in [-0.1, -0.05) is 0 Å². The van der Waals surface area contributed by atoms with Crippen molar-refractivity contribution in [3.63, 3.8) is 0 Å². The van der Waals surface area contributed by atoms with Gasteiger partial charge in [-0.15, -0.1) is 0 Å². The van der Waals surface area contributed by atoms with Crippen LogP contribution in [0.2, 0.25) is 0 Å². The van der Waals surface area contributed by atoms with Gasteiger partial charge < -0.3 is 26.1 Å². The van der Waals surface area contributed by atoms with E-state index in [0.29, 0.717) is 33.3 Å². The molecule has 1 aromatic heterocycles. The fourth-order valence-electron chi connectivity index (χ4n) is 1.98. The van der Waals surface area contributed by atoms with Gasteiger partial charge in [-0.25, -0.2) is 0 Å². The smallest absolute Gasteiger partial charge is 0.162 e. The van der Waals surface area contributed by atoms with Crippen molar-refractivity contribution >= 4 is 33.3 Å². The molecule has 0 atom stereocenters. The van der Waals surface area contributed by atoms with E-state index in [2.05, 4.69) is 0 Å². The maximum absolute atomic E-state index is 9.83. The van der Waals surface area contributed by atoms with Gasteiger partial charge in [-0.05, 0) is 24.3 Å². The van der Waals surface area contributed by atoms with Crippen molar-refractivity contribution in [1.29, 1.82) is 0 Å². The molecule has 17 heavy (non-hydrogen) atoms. The molecule has 5 heteroatoms. The average Bonchev–Trinajstić information content (AvgIpc) is 2.71. The zero-order valence-corrected chi connectivity index (χ0v) is 8.77. The fourth-order valence-corrected chi connectivity index (χ4v) is 1.98. The van der Waals surface area contributed by atoms with E-state index in [0.717, 1.165) is 0 Å². The van der Waals surface area contributed by atoms with Crippen LogP contribution < -0.4 is 11.5 Å². The van der Waals surface area contributed by atoms with Crippen molar-refractivity contribution in [2.75, 3.05) is 11.5 Å². The molecule has 2 aromatic carbocycles. The van der Waals surface area contributed by atoms with Crippen molar-refractivity contribution in [2.24, 2.45) is 0 Å². The third-order valence-corrected chi connectivity index (χ3v) is 2.79. The highest BCUT2D eigenvalue weighted by atomic mass is 16.3. The van der Waals surface area contributed by atoms with Gasteiger partial charge in [0, 0.05) is 0 Å². The minimum atomic E-state index is -0.00569. The summed E-state index contributed by atoms with van der Waals surface area (Å²) in [7, 11) is 0. The lowest BCUT2D eigenvalue weighted by molar-refractivity contribution is 0.477. The monoisotopic (exact) mass is 230 g/mol. The molecule has 6 N–H and O–H groups in total. The lowest BCUT2D eigenvalue weighted by atomic mass is 10.1. The summed E-state index contributed by atoms with van der Waals surface area (Å²) in [6.07, 6.45) is 0. The second-order valence-electron chi connectivity index (χ2n) is 3.86. The number of aromatic hydroxyl groups is 2. The predicted molar refractivity (Wildman–Crippen MR) is 65.9 cm³/mol. The molecule has 0 aliphatic heterocycles. The summed E-state index contributed by atoms with van der Waals surface area (Å²) in [5.74, 6) is -0.0114. The Balaban J connectivity index is 2.69. The molecular weight excluding hydrogens is 220 g/mol. The molecule has 0 spiro atoms. The number of fused-ring (bicyclic) bond motifs is 3. The van der Waals surface area contributed by atoms with Gasteiger partial charge in [0.2, 0.25) is 0 Å². The Morgan fingerprint density at radius 1 is 0.765 bits per heavy atom. The topological polar surface area (TPSA) is 106 Å². The summed E-state index contributed by atoms with van der Waals surface area (Å²) < 4.78 is 5.51. The highest BCUT2D eigenvalue weighted by Gasteiger charge is 2.17. The van der Waals surface area contributed by atoms with Crippen LogP contribution in [0.15, 0.2) is 28.7 Å². The van der Waals surface area contributed by atoms with Crippen LogP contribution in [0.1, 0.15) is 0 Å². The summed E-state index contributed by atoms with van der Waals surface area (Å²) in [6, 6.07) is 5.98. The molecular formula is C12H10N2O3.